The maximum atomic E-state index is 12.5. The van der Waals surface area contributed by atoms with Crippen LogP contribution in [0.1, 0.15) is 13.8 Å². The maximum absolute atomic E-state index is 12.5. The Balaban J connectivity index is 1.94. The number of hydrogen-bond acceptors (Lipinski definition) is 7. The van der Waals surface area contributed by atoms with Gasteiger partial charge in [-0.15, -0.1) is 0 Å². The second-order valence-electron chi connectivity index (χ2n) is 6.26. The lowest BCUT2D eigenvalue weighted by atomic mass is 10.3. The molecule has 2 amide bonds. The Kier molecular flexibility index (Phi) is 8.27. The lowest BCUT2D eigenvalue weighted by Crippen LogP contribution is -2.41. The van der Waals surface area contributed by atoms with Crippen LogP contribution in [0.5, 0.6) is 5.88 Å². The zero-order valence-electron chi connectivity index (χ0n) is 16.8. The number of ether oxygens (including phenoxy) is 2. The van der Waals surface area contributed by atoms with Gasteiger partial charge >= 0.3 is 0 Å². The van der Waals surface area contributed by atoms with E-state index in [1.54, 1.807) is 19.2 Å². The molecule has 0 spiro atoms. The van der Waals surface area contributed by atoms with E-state index < -0.39 is 22.0 Å². The van der Waals surface area contributed by atoms with E-state index in [0.29, 0.717) is 30.5 Å². The molecule has 0 bridgehead atoms. The molecule has 1 aromatic heterocycles. The third-order valence-electron chi connectivity index (χ3n) is 3.75. The zero-order chi connectivity index (χ0) is 22.1. The topological polar surface area (TPSA) is 136 Å². The first-order chi connectivity index (χ1) is 14.2. The summed E-state index contributed by atoms with van der Waals surface area (Å²) >= 11 is 0. The summed E-state index contributed by atoms with van der Waals surface area (Å²) in [6.45, 7) is 3.55. The number of sulfonamides is 1. The van der Waals surface area contributed by atoms with Crippen LogP contribution in [0.4, 0.5) is 11.4 Å². The van der Waals surface area contributed by atoms with E-state index >= 15 is 0 Å². The van der Waals surface area contributed by atoms with E-state index in [1.807, 2.05) is 0 Å². The summed E-state index contributed by atoms with van der Waals surface area (Å²) in [6.07, 6.45) is 1.40. The highest BCUT2D eigenvalue weighted by Crippen LogP contribution is 2.15. The van der Waals surface area contributed by atoms with Crippen LogP contribution in [0.3, 0.4) is 0 Å². The Morgan fingerprint density at radius 1 is 1.03 bits per heavy atom. The number of benzene rings is 1. The fraction of sp³-hybridized carbons (Fsp3) is 0.316. The molecule has 30 heavy (non-hydrogen) atoms. The maximum Gasteiger partial charge on any atom is 0.242 e. The molecule has 1 atom stereocenters. The highest BCUT2D eigenvalue weighted by Gasteiger charge is 2.22. The zero-order valence-corrected chi connectivity index (χ0v) is 17.7. The molecule has 10 nitrogen and oxygen atoms in total. The van der Waals surface area contributed by atoms with Crippen LogP contribution in [0.15, 0.2) is 47.5 Å². The normalized spacial score (nSPS) is 12.1. The Hall–Kier alpha value is -3.02. The quantitative estimate of drug-likeness (QED) is 0.479. The Labute approximate surface area is 175 Å². The van der Waals surface area contributed by atoms with E-state index in [2.05, 4.69) is 20.3 Å². The third-order valence-corrected chi connectivity index (χ3v) is 5.31. The van der Waals surface area contributed by atoms with Gasteiger partial charge in [0.1, 0.15) is 6.61 Å². The van der Waals surface area contributed by atoms with Gasteiger partial charge in [0, 0.05) is 25.8 Å². The molecule has 0 fully saturated rings. The second kappa shape index (κ2) is 10.7. The first-order valence-electron chi connectivity index (χ1n) is 9.00. The number of aromatic nitrogens is 1. The monoisotopic (exact) mass is 436 g/mol. The average molecular weight is 436 g/mol. The fourth-order valence-corrected chi connectivity index (χ4v) is 3.50. The van der Waals surface area contributed by atoms with Crippen molar-refractivity contribution in [1.29, 1.82) is 0 Å². The lowest BCUT2D eigenvalue weighted by Gasteiger charge is -2.15. The van der Waals surface area contributed by atoms with Crippen molar-refractivity contribution in [2.75, 3.05) is 31.0 Å². The lowest BCUT2D eigenvalue weighted by molar-refractivity contribution is -0.117. The molecule has 0 radical (unpaired) electrons. The number of nitrogens with zero attached hydrogens (tertiary/aromatic N) is 1. The number of carbonyl (C=O) groups excluding carboxylic acids is 2. The van der Waals surface area contributed by atoms with E-state index in [-0.39, 0.29) is 10.8 Å². The number of methoxy groups -OCH3 is 1. The van der Waals surface area contributed by atoms with E-state index in [4.69, 9.17) is 9.47 Å². The molecule has 3 N–H and O–H groups in total. The summed E-state index contributed by atoms with van der Waals surface area (Å²) in [7, 11) is -2.37. The number of nitrogens with one attached hydrogen (secondary N) is 3. The molecular weight excluding hydrogens is 412 g/mol. The van der Waals surface area contributed by atoms with Crippen LogP contribution in [0, 0.1) is 0 Å². The number of anilines is 2. The summed E-state index contributed by atoms with van der Waals surface area (Å²) in [4.78, 5) is 27.4. The Bertz CT molecular complexity index is 962. The molecule has 1 aromatic carbocycles. The van der Waals surface area contributed by atoms with E-state index in [1.165, 1.54) is 44.3 Å². The molecule has 0 aliphatic carbocycles. The minimum atomic E-state index is -3.93. The smallest absolute Gasteiger partial charge is 0.242 e. The van der Waals surface area contributed by atoms with Crippen molar-refractivity contribution in [2.24, 2.45) is 0 Å². The molecular formula is C19H24N4O6S. The van der Waals surface area contributed by atoms with Gasteiger partial charge in [-0.1, -0.05) is 0 Å². The molecule has 2 rings (SSSR count). The number of carbonyl (C=O) groups is 2. The number of rotatable bonds is 10. The predicted octanol–water partition coefficient (Wildman–Crippen LogP) is 1.37. The van der Waals surface area contributed by atoms with Crippen molar-refractivity contribution in [3.05, 3.63) is 42.6 Å². The van der Waals surface area contributed by atoms with Crippen molar-refractivity contribution in [3.8, 4) is 5.88 Å². The van der Waals surface area contributed by atoms with Crippen LogP contribution in [-0.2, 0) is 24.3 Å². The largest absolute Gasteiger partial charge is 0.475 e. The Morgan fingerprint density at radius 3 is 2.27 bits per heavy atom. The highest BCUT2D eigenvalue weighted by atomic mass is 32.2. The summed E-state index contributed by atoms with van der Waals surface area (Å²) in [5.74, 6) is -0.442. The van der Waals surface area contributed by atoms with Gasteiger partial charge in [0.15, 0.2) is 0 Å². The second-order valence-corrected chi connectivity index (χ2v) is 7.98. The minimum absolute atomic E-state index is 0.0320. The highest BCUT2D eigenvalue weighted by molar-refractivity contribution is 7.89. The van der Waals surface area contributed by atoms with Gasteiger partial charge in [0.25, 0.3) is 0 Å². The molecule has 0 aliphatic rings. The van der Waals surface area contributed by atoms with Crippen LogP contribution in [0.2, 0.25) is 0 Å². The SMILES string of the molecule is COCCOc1ccc(NC(=O)[C@H](C)NS(=O)(=O)c2ccc(NC(C)=O)cc2)cn1. The minimum Gasteiger partial charge on any atom is -0.475 e. The molecule has 0 unspecified atom stereocenters. The van der Waals surface area contributed by atoms with Crippen LogP contribution < -0.4 is 20.1 Å². The van der Waals surface area contributed by atoms with Gasteiger partial charge < -0.3 is 20.1 Å². The van der Waals surface area contributed by atoms with Gasteiger partial charge in [0.2, 0.25) is 27.7 Å². The third kappa shape index (κ3) is 7.10. The summed E-state index contributed by atoms with van der Waals surface area (Å²) in [6, 6.07) is 7.73. The first-order valence-corrected chi connectivity index (χ1v) is 10.5. The van der Waals surface area contributed by atoms with Gasteiger partial charge in [-0.2, -0.15) is 4.72 Å². The van der Waals surface area contributed by atoms with Gasteiger partial charge in [0.05, 0.1) is 29.4 Å². The Morgan fingerprint density at radius 2 is 1.70 bits per heavy atom. The average Bonchev–Trinajstić information content (AvgIpc) is 2.69. The molecule has 1 heterocycles. The summed E-state index contributed by atoms with van der Waals surface area (Å²) < 4.78 is 37.5. The van der Waals surface area contributed by atoms with Crippen molar-refractivity contribution >= 4 is 33.2 Å². The van der Waals surface area contributed by atoms with Crippen LogP contribution in [-0.4, -0.2) is 51.6 Å². The van der Waals surface area contributed by atoms with E-state index in [0.717, 1.165) is 0 Å². The molecule has 0 saturated carbocycles. The van der Waals surface area contributed by atoms with Crippen LogP contribution >= 0.6 is 0 Å². The summed E-state index contributed by atoms with van der Waals surface area (Å²) in [5.41, 5.74) is 0.860. The standard InChI is InChI=1S/C19H24N4O6S/c1-13(19(25)22-16-6-9-18(20-12-16)29-11-10-28-3)23-30(26,27)17-7-4-15(5-8-17)21-14(2)24/h4-9,12-13,23H,10-11H2,1-3H3,(H,21,24)(H,22,25)/t13-/m0/s1. The number of hydrogen-bond donors (Lipinski definition) is 3. The van der Waals surface area contributed by atoms with Crippen LogP contribution in [0.25, 0.3) is 0 Å². The molecule has 0 aliphatic heterocycles. The fourth-order valence-electron chi connectivity index (χ4n) is 2.29. The number of amides is 2. The van der Waals surface area contributed by atoms with E-state index in [9.17, 15) is 18.0 Å². The van der Waals surface area contributed by atoms with Crippen molar-refractivity contribution in [3.63, 3.8) is 0 Å². The van der Waals surface area contributed by atoms with Crippen molar-refractivity contribution in [1.82, 2.24) is 9.71 Å². The van der Waals surface area contributed by atoms with Crippen molar-refractivity contribution < 1.29 is 27.5 Å². The van der Waals surface area contributed by atoms with Gasteiger partial charge in [-0.3, -0.25) is 9.59 Å². The molecule has 11 heteroatoms. The number of pyridine rings is 1. The van der Waals surface area contributed by atoms with Gasteiger partial charge in [-0.05, 0) is 37.3 Å². The predicted molar refractivity (Wildman–Crippen MR) is 111 cm³/mol. The first kappa shape index (κ1) is 23.3. The summed E-state index contributed by atoms with van der Waals surface area (Å²) in [5, 5.41) is 5.13. The van der Waals surface area contributed by atoms with Crippen molar-refractivity contribution in [2.45, 2.75) is 24.8 Å². The van der Waals surface area contributed by atoms with Gasteiger partial charge in [-0.25, -0.2) is 13.4 Å². The molecule has 162 valence electrons. The molecule has 2 aromatic rings. The molecule has 0 saturated heterocycles.